The van der Waals surface area contributed by atoms with E-state index in [1.54, 1.807) is 24.3 Å². The topological polar surface area (TPSA) is 52.3 Å². The lowest BCUT2D eigenvalue weighted by Gasteiger charge is -2.11. The van der Waals surface area contributed by atoms with E-state index in [1.165, 1.54) is 12.8 Å². The van der Waals surface area contributed by atoms with E-state index in [2.05, 4.69) is 0 Å². The van der Waals surface area contributed by atoms with Crippen LogP contribution < -0.4 is 18.1 Å². The molecule has 0 aromatic heterocycles. The van der Waals surface area contributed by atoms with Crippen LogP contribution in [0, 0.1) is 0 Å². The molecule has 0 aliphatic heterocycles. The number of benzene rings is 1. The Bertz CT molecular complexity index is 345. The number of nitrogen functional groups attached to an aromatic ring is 1. The Morgan fingerprint density at radius 2 is 1.75 bits per heavy atom. The normalized spacial score (nSPS) is 15.5. The number of esters is 1. The molecule has 0 heterocycles. The van der Waals surface area contributed by atoms with Crippen LogP contribution in [0.15, 0.2) is 24.3 Å². The van der Waals surface area contributed by atoms with Gasteiger partial charge in [-0.05, 0) is 49.9 Å². The first-order chi connectivity index (χ1) is 7.25. The number of nitrogens with two attached hydrogens (primary N) is 1. The van der Waals surface area contributed by atoms with Crippen LogP contribution in [0.4, 0.5) is 5.69 Å². The van der Waals surface area contributed by atoms with Crippen molar-refractivity contribution in [3.8, 4) is 0 Å². The van der Waals surface area contributed by atoms with Crippen molar-refractivity contribution in [2.24, 2.45) is 0 Å². The molecular weight excluding hydrogens is 226 g/mol. The molecule has 3 nitrogen and oxygen atoms in total. The summed E-state index contributed by atoms with van der Waals surface area (Å²) in [5.41, 5.74) is 6.78. The number of hydrogen-bond acceptors (Lipinski definition) is 3. The van der Waals surface area contributed by atoms with Crippen molar-refractivity contribution in [1.29, 1.82) is 0 Å². The summed E-state index contributed by atoms with van der Waals surface area (Å²) in [6.07, 6.45) is 4.45. The number of anilines is 1. The summed E-state index contributed by atoms with van der Waals surface area (Å²) in [4.78, 5) is 11.6. The van der Waals surface area contributed by atoms with E-state index in [9.17, 15) is 4.79 Å². The minimum absolute atomic E-state index is 0. The van der Waals surface area contributed by atoms with E-state index in [-0.39, 0.29) is 24.5 Å². The summed E-state index contributed by atoms with van der Waals surface area (Å²) in [6.45, 7) is 0. The third-order valence-electron chi connectivity index (χ3n) is 2.72. The minimum Gasteiger partial charge on any atom is -1.00 e. The van der Waals surface area contributed by atoms with Crippen LogP contribution in [-0.4, -0.2) is 12.1 Å². The molecule has 0 bridgehead atoms. The zero-order valence-electron chi connectivity index (χ0n) is 8.99. The Morgan fingerprint density at radius 3 is 2.31 bits per heavy atom. The Morgan fingerprint density at radius 1 is 1.19 bits per heavy atom. The SMILES string of the molecule is Nc1ccc(C(=O)OC2CCCC2)cc1.[Cl-]. The van der Waals surface area contributed by atoms with Gasteiger partial charge in [-0.2, -0.15) is 0 Å². The van der Waals surface area contributed by atoms with Crippen molar-refractivity contribution >= 4 is 11.7 Å². The quantitative estimate of drug-likeness (QED) is 0.553. The predicted molar refractivity (Wildman–Crippen MR) is 58.5 cm³/mol. The molecule has 88 valence electrons. The molecule has 16 heavy (non-hydrogen) atoms. The highest BCUT2D eigenvalue weighted by Gasteiger charge is 2.19. The third kappa shape index (κ3) is 3.14. The molecule has 1 aromatic carbocycles. The summed E-state index contributed by atoms with van der Waals surface area (Å²) in [5.74, 6) is -0.234. The van der Waals surface area contributed by atoms with Crippen LogP contribution in [0.5, 0.6) is 0 Å². The van der Waals surface area contributed by atoms with E-state index in [1.807, 2.05) is 0 Å². The van der Waals surface area contributed by atoms with Gasteiger partial charge < -0.3 is 22.9 Å². The van der Waals surface area contributed by atoms with Gasteiger partial charge in [0.25, 0.3) is 0 Å². The van der Waals surface area contributed by atoms with Crippen molar-refractivity contribution in [3.63, 3.8) is 0 Å². The number of rotatable bonds is 2. The molecule has 0 radical (unpaired) electrons. The van der Waals surface area contributed by atoms with Crippen molar-refractivity contribution in [1.82, 2.24) is 0 Å². The van der Waals surface area contributed by atoms with Gasteiger partial charge >= 0.3 is 5.97 Å². The molecule has 1 aromatic rings. The summed E-state index contributed by atoms with van der Waals surface area (Å²) < 4.78 is 5.36. The fraction of sp³-hybridized carbons (Fsp3) is 0.417. The van der Waals surface area contributed by atoms with Crippen LogP contribution in [0.1, 0.15) is 36.0 Å². The van der Waals surface area contributed by atoms with Crippen LogP contribution in [0.3, 0.4) is 0 Å². The minimum atomic E-state index is -0.234. The zero-order valence-corrected chi connectivity index (χ0v) is 9.74. The van der Waals surface area contributed by atoms with Crippen molar-refractivity contribution in [2.75, 3.05) is 5.73 Å². The molecule has 1 fully saturated rings. The number of halogens is 1. The van der Waals surface area contributed by atoms with Gasteiger partial charge in [-0.25, -0.2) is 4.79 Å². The van der Waals surface area contributed by atoms with Gasteiger partial charge in [0.1, 0.15) is 6.10 Å². The maximum absolute atomic E-state index is 11.6. The predicted octanol–water partition coefficient (Wildman–Crippen LogP) is -0.628. The molecule has 0 atom stereocenters. The summed E-state index contributed by atoms with van der Waals surface area (Å²) in [6, 6.07) is 6.83. The second-order valence-electron chi connectivity index (χ2n) is 3.93. The highest BCUT2D eigenvalue weighted by molar-refractivity contribution is 5.89. The van der Waals surface area contributed by atoms with Gasteiger partial charge in [-0.3, -0.25) is 0 Å². The average Bonchev–Trinajstić information content (AvgIpc) is 2.71. The van der Waals surface area contributed by atoms with Crippen LogP contribution in [0.25, 0.3) is 0 Å². The van der Waals surface area contributed by atoms with Crippen LogP contribution >= 0.6 is 0 Å². The Hall–Kier alpha value is -1.22. The molecule has 2 rings (SSSR count). The number of hydrogen-bond donors (Lipinski definition) is 1. The summed E-state index contributed by atoms with van der Waals surface area (Å²) in [5, 5.41) is 0. The molecule has 1 saturated carbocycles. The molecule has 0 saturated heterocycles. The fourth-order valence-electron chi connectivity index (χ4n) is 1.84. The average molecular weight is 241 g/mol. The van der Waals surface area contributed by atoms with Gasteiger partial charge in [0, 0.05) is 5.69 Å². The molecule has 2 N–H and O–H groups in total. The smallest absolute Gasteiger partial charge is 0.338 e. The van der Waals surface area contributed by atoms with E-state index in [0.29, 0.717) is 11.3 Å². The Labute approximate surface area is 101 Å². The van der Waals surface area contributed by atoms with Crippen molar-refractivity contribution < 1.29 is 21.9 Å². The van der Waals surface area contributed by atoms with E-state index >= 15 is 0 Å². The highest BCUT2D eigenvalue weighted by atomic mass is 35.5. The molecular formula is C12H15ClNO2-. The van der Waals surface area contributed by atoms with Gasteiger partial charge in [-0.15, -0.1) is 0 Å². The molecule has 0 amide bonds. The standard InChI is InChI=1S/C12H15NO2.ClH/c13-10-7-5-9(6-8-10)12(14)15-11-3-1-2-4-11;/h5-8,11H,1-4,13H2;1H/p-1. The summed E-state index contributed by atoms with van der Waals surface area (Å²) in [7, 11) is 0. The number of ether oxygens (including phenoxy) is 1. The first kappa shape index (κ1) is 12.8. The largest absolute Gasteiger partial charge is 1.00 e. The lowest BCUT2D eigenvalue weighted by Crippen LogP contribution is -3.00. The second-order valence-corrected chi connectivity index (χ2v) is 3.93. The maximum atomic E-state index is 11.6. The first-order valence-corrected chi connectivity index (χ1v) is 5.32. The Balaban J connectivity index is 0.00000128. The monoisotopic (exact) mass is 240 g/mol. The molecule has 1 aliphatic carbocycles. The Kier molecular flexibility index (Phi) is 4.62. The molecule has 0 unspecified atom stereocenters. The van der Waals surface area contributed by atoms with Gasteiger partial charge in [-0.1, -0.05) is 0 Å². The van der Waals surface area contributed by atoms with Crippen molar-refractivity contribution in [3.05, 3.63) is 29.8 Å². The van der Waals surface area contributed by atoms with E-state index in [4.69, 9.17) is 10.5 Å². The lowest BCUT2D eigenvalue weighted by molar-refractivity contribution is -0.0000337. The fourth-order valence-corrected chi connectivity index (χ4v) is 1.84. The third-order valence-corrected chi connectivity index (χ3v) is 2.72. The van der Waals surface area contributed by atoms with Crippen LogP contribution in [0.2, 0.25) is 0 Å². The summed E-state index contributed by atoms with van der Waals surface area (Å²) >= 11 is 0. The van der Waals surface area contributed by atoms with Crippen LogP contribution in [-0.2, 0) is 4.74 Å². The van der Waals surface area contributed by atoms with Gasteiger partial charge in [0.05, 0.1) is 5.56 Å². The molecule has 4 heteroatoms. The van der Waals surface area contributed by atoms with E-state index in [0.717, 1.165) is 12.8 Å². The van der Waals surface area contributed by atoms with Gasteiger partial charge in [0.15, 0.2) is 0 Å². The highest BCUT2D eigenvalue weighted by Crippen LogP contribution is 2.22. The van der Waals surface area contributed by atoms with Gasteiger partial charge in [0.2, 0.25) is 0 Å². The lowest BCUT2D eigenvalue weighted by atomic mass is 10.2. The number of carbonyl (C=O) groups is 1. The second kappa shape index (κ2) is 5.75. The maximum Gasteiger partial charge on any atom is 0.338 e. The van der Waals surface area contributed by atoms with Crippen molar-refractivity contribution in [2.45, 2.75) is 31.8 Å². The zero-order chi connectivity index (χ0) is 10.7. The van der Waals surface area contributed by atoms with E-state index < -0.39 is 0 Å². The first-order valence-electron chi connectivity index (χ1n) is 5.32. The molecule has 0 spiro atoms. The molecule has 1 aliphatic rings. The number of carbonyl (C=O) groups excluding carboxylic acids is 1.